The SMILES string of the molecule is Cc1cc(SCC(=O)Nc2ccc(Cl)cc2N)n(C)n1. The molecule has 1 heterocycles. The number of aromatic nitrogens is 2. The van der Waals surface area contributed by atoms with Crippen LogP contribution in [0.25, 0.3) is 0 Å². The highest BCUT2D eigenvalue weighted by atomic mass is 35.5. The Morgan fingerprint density at radius 3 is 2.85 bits per heavy atom. The van der Waals surface area contributed by atoms with Gasteiger partial charge in [0.1, 0.15) is 0 Å². The molecule has 0 bridgehead atoms. The quantitative estimate of drug-likeness (QED) is 0.672. The standard InChI is InChI=1S/C13H15ClN4OS/c1-8-5-13(18(2)17-8)20-7-12(19)16-11-4-3-9(14)6-10(11)15/h3-6H,7,15H2,1-2H3,(H,16,19). The van der Waals surface area contributed by atoms with Gasteiger partial charge in [-0.15, -0.1) is 0 Å². The van der Waals surface area contributed by atoms with Gasteiger partial charge in [0, 0.05) is 12.1 Å². The number of carbonyl (C=O) groups excluding carboxylic acids is 1. The summed E-state index contributed by atoms with van der Waals surface area (Å²) in [6.07, 6.45) is 0. The number of anilines is 2. The fourth-order valence-electron chi connectivity index (χ4n) is 1.70. The second-order valence-electron chi connectivity index (χ2n) is 4.32. The van der Waals surface area contributed by atoms with E-state index in [0.29, 0.717) is 22.2 Å². The number of nitrogen functional groups attached to an aromatic ring is 1. The summed E-state index contributed by atoms with van der Waals surface area (Å²) >= 11 is 7.23. The minimum absolute atomic E-state index is 0.122. The first kappa shape index (κ1) is 14.7. The summed E-state index contributed by atoms with van der Waals surface area (Å²) in [4.78, 5) is 11.9. The number of thioether (sulfide) groups is 1. The number of amides is 1. The van der Waals surface area contributed by atoms with Gasteiger partial charge in [-0.3, -0.25) is 9.48 Å². The lowest BCUT2D eigenvalue weighted by atomic mass is 10.2. The second-order valence-corrected chi connectivity index (χ2v) is 5.75. The van der Waals surface area contributed by atoms with E-state index >= 15 is 0 Å². The van der Waals surface area contributed by atoms with Gasteiger partial charge in [0.05, 0.1) is 27.8 Å². The molecular formula is C13H15ClN4OS. The van der Waals surface area contributed by atoms with Gasteiger partial charge in [0.25, 0.3) is 0 Å². The van der Waals surface area contributed by atoms with Gasteiger partial charge in [-0.2, -0.15) is 5.10 Å². The zero-order valence-corrected chi connectivity index (χ0v) is 12.8. The van der Waals surface area contributed by atoms with Crippen LogP contribution in [-0.4, -0.2) is 21.4 Å². The molecule has 0 spiro atoms. The number of nitrogens with zero attached hydrogens (tertiary/aromatic N) is 2. The Bertz CT molecular complexity index is 641. The van der Waals surface area contributed by atoms with Crippen molar-refractivity contribution in [3.05, 3.63) is 35.0 Å². The van der Waals surface area contributed by atoms with Crippen molar-refractivity contribution in [3.8, 4) is 0 Å². The Morgan fingerprint density at radius 1 is 1.50 bits per heavy atom. The van der Waals surface area contributed by atoms with Crippen molar-refractivity contribution in [2.45, 2.75) is 11.9 Å². The maximum Gasteiger partial charge on any atom is 0.234 e. The van der Waals surface area contributed by atoms with Gasteiger partial charge < -0.3 is 11.1 Å². The van der Waals surface area contributed by atoms with Gasteiger partial charge in [-0.1, -0.05) is 23.4 Å². The molecule has 0 unspecified atom stereocenters. The van der Waals surface area contributed by atoms with E-state index in [4.69, 9.17) is 17.3 Å². The number of carbonyl (C=O) groups is 1. The molecule has 0 aliphatic heterocycles. The van der Waals surface area contributed by atoms with E-state index in [-0.39, 0.29) is 5.91 Å². The van der Waals surface area contributed by atoms with E-state index in [9.17, 15) is 4.79 Å². The van der Waals surface area contributed by atoms with E-state index < -0.39 is 0 Å². The predicted octanol–water partition coefficient (Wildman–Crippen LogP) is 2.69. The zero-order chi connectivity index (χ0) is 14.7. The van der Waals surface area contributed by atoms with Crippen LogP contribution in [0.2, 0.25) is 5.02 Å². The molecule has 1 aromatic heterocycles. The summed E-state index contributed by atoms with van der Waals surface area (Å²) in [7, 11) is 1.85. The van der Waals surface area contributed by atoms with Gasteiger partial charge >= 0.3 is 0 Å². The second kappa shape index (κ2) is 6.19. The van der Waals surface area contributed by atoms with Gasteiger partial charge in [-0.25, -0.2) is 0 Å². The summed E-state index contributed by atoms with van der Waals surface area (Å²) < 4.78 is 1.75. The third kappa shape index (κ3) is 3.68. The largest absolute Gasteiger partial charge is 0.397 e. The maximum absolute atomic E-state index is 11.9. The molecule has 2 aromatic rings. The molecule has 0 radical (unpaired) electrons. The summed E-state index contributed by atoms with van der Waals surface area (Å²) in [5, 5.41) is 8.48. The first-order chi connectivity index (χ1) is 9.45. The monoisotopic (exact) mass is 310 g/mol. The van der Waals surface area contributed by atoms with Crippen LogP contribution in [0.15, 0.2) is 29.3 Å². The lowest BCUT2D eigenvalue weighted by Gasteiger charge is -2.08. The van der Waals surface area contributed by atoms with E-state index in [0.717, 1.165) is 10.7 Å². The first-order valence-electron chi connectivity index (χ1n) is 5.94. The average Bonchev–Trinajstić information content (AvgIpc) is 2.69. The molecule has 1 aromatic carbocycles. The molecule has 5 nitrogen and oxygen atoms in total. The number of halogens is 1. The summed E-state index contributed by atoms with van der Waals surface area (Å²) in [6, 6.07) is 6.92. The number of nitrogens with two attached hydrogens (primary N) is 1. The Morgan fingerprint density at radius 2 is 2.25 bits per heavy atom. The normalized spacial score (nSPS) is 10.6. The van der Waals surface area contributed by atoms with Crippen LogP contribution in [0.4, 0.5) is 11.4 Å². The molecule has 0 aliphatic carbocycles. The molecule has 2 rings (SSSR count). The number of hydrogen-bond donors (Lipinski definition) is 2. The van der Waals surface area contributed by atoms with Crippen LogP contribution in [0.5, 0.6) is 0 Å². The topological polar surface area (TPSA) is 72.9 Å². The molecule has 0 atom stereocenters. The molecule has 0 aliphatic rings. The van der Waals surface area contributed by atoms with Crippen molar-refractivity contribution in [1.82, 2.24) is 9.78 Å². The molecular weight excluding hydrogens is 296 g/mol. The van der Waals surface area contributed by atoms with Gasteiger partial charge in [0.2, 0.25) is 5.91 Å². The highest BCUT2D eigenvalue weighted by molar-refractivity contribution is 7.99. The minimum atomic E-state index is -0.122. The summed E-state index contributed by atoms with van der Waals surface area (Å²) in [5.74, 6) is 0.170. The lowest BCUT2D eigenvalue weighted by Crippen LogP contribution is -2.15. The van der Waals surface area contributed by atoms with Crippen LogP contribution in [0.3, 0.4) is 0 Å². The minimum Gasteiger partial charge on any atom is -0.397 e. The van der Waals surface area contributed by atoms with Crippen molar-refractivity contribution in [2.24, 2.45) is 7.05 Å². The molecule has 1 amide bonds. The maximum atomic E-state index is 11.9. The number of hydrogen-bond acceptors (Lipinski definition) is 4. The Hall–Kier alpha value is -1.66. The number of rotatable bonds is 4. The van der Waals surface area contributed by atoms with Crippen LogP contribution in [0.1, 0.15) is 5.69 Å². The molecule has 7 heteroatoms. The van der Waals surface area contributed by atoms with Crippen LogP contribution >= 0.6 is 23.4 Å². The van der Waals surface area contributed by atoms with Gasteiger partial charge in [-0.05, 0) is 31.2 Å². The van der Waals surface area contributed by atoms with Crippen LogP contribution < -0.4 is 11.1 Å². The van der Waals surface area contributed by atoms with E-state index in [1.54, 1.807) is 22.9 Å². The van der Waals surface area contributed by atoms with Crippen molar-refractivity contribution >= 4 is 40.6 Å². The molecule has 20 heavy (non-hydrogen) atoms. The number of aryl methyl sites for hydroxylation is 2. The highest BCUT2D eigenvalue weighted by Crippen LogP contribution is 2.23. The summed E-state index contributed by atoms with van der Waals surface area (Å²) in [5.41, 5.74) is 7.73. The van der Waals surface area contributed by atoms with Crippen molar-refractivity contribution < 1.29 is 4.79 Å². The fourth-order valence-corrected chi connectivity index (χ4v) is 2.71. The average molecular weight is 311 g/mol. The van der Waals surface area contributed by atoms with Crippen molar-refractivity contribution in [2.75, 3.05) is 16.8 Å². The van der Waals surface area contributed by atoms with E-state index in [1.165, 1.54) is 11.8 Å². The van der Waals surface area contributed by atoms with E-state index in [1.807, 2.05) is 20.0 Å². The van der Waals surface area contributed by atoms with Crippen LogP contribution in [-0.2, 0) is 11.8 Å². The smallest absolute Gasteiger partial charge is 0.234 e. The van der Waals surface area contributed by atoms with Crippen LogP contribution in [0, 0.1) is 6.92 Å². The molecule has 106 valence electrons. The molecule has 0 saturated carbocycles. The highest BCUT2D eigenvalue weighted by Gasteiger charge is 2.09. The number of nitrogens with one attached hydrogen (secondary N) is 1. The van der Waals surface area contributed by atoms with Crippen molar-refractivity contribution in [1.29, 1.82) is 0 Å². The van der Waals surface area contributed by atoms with Crippen molar-refractivity contribution in [3.63, 3.8) is 0 Å². The zero-order valence-electron chi connectivity index (χ0n) is 11.2. The van der Waals surface area contributed by atoms with Gasteiger partial charge in [0.15, 0.2) is 0 Å². The number of benzene rings is 1. The molecule has 3 N–H and O–H groups in total. The molecule has 0 saturated heterocycles. The predicted molar refractivity (Wildman–Crippen MR) is 83.2 cm³/mol. The Balaban J connectivity index is 1.94. The third-order valence-electron chi connectivity index (χ3n) is 2.60. The Kier molecular flexibility index (Phi) is 4.57. The summed E-state index contributed by atoms with van der Waals surface area (Å²) in [6.45, 7) is 1.92. The van der Waals surface area contributed by atoms with E-state index in [2.05, 4.69) is 10.4 Å². The fraction of sp³-hybridized carbons (Fsp3) is 0.231. The first-order valence-corrected chi connectivity index (χ1v) is 7.30. The Labute approximate surface area is 126 Å². The lowest BCUT2D eigenvalue weighted by molar-refractivity contribution is -0.113. The molecule has 0 fully saturated rings. The third-order valence-corrected chi connectivity index (χ3v) is 3.92.